The number of carbonyl (C=O) groups is 2. The summed E-state index contributed by atoms with van der Waals surface area (Å²) in [6.45, 7) is 1.49. The van der Waals surface area contributed by atoms with Gasteiger partial charge >= 0.3 is 5.97 Å². The van der Waals surface area contributed by atoms with Gasteiger partial charge in [-0.05, 0) is 31.6 Å². The van der Waals surface area contributed by atoms with Crippen LogP contribution in [-0.2, 0) is 14.3 Å². The van der Waals surface area contributed by atoms with Crippen LogP contribution in [0.4, 0.5) is 0 Å². The number of Topliss-reactive ketones (excluding diaryl/α,β-unsaturated/α-hetero) is 1. The molecular weight excluding hydrogens is 240 g/mol. The molecule has 3 saturated carbocycles. The van der Waals surface area contributed by atoms with Gasteiger partial charge in [0.05, 0.1) is 5.92 Å². The second-order valence-electron chi connectivity index (χ2n) is 6.61. The molecule has 0 N–H and O–H groups in total. The molecule has 0 aromatic heterocycles. The van der Waals surface area contributed by atoms with Gasteiger partial charge in [-0.25, -0.2) is 0 Å². The average molecular weight is 264 g/mol. The third kappa shape index (κ3) is 2.02. The van der Waals surface area contributed by atoms with E-state index in [0.29, 0.717) is 24.0 Å². The molecule has 4 atom stereocenters. The van der Waals surface area contributed by atoms with Gasteiger partial charge in [-0.15, -0.1) is 0 Å². The van der Waals surface area contributed by atoms with E-state index in [0.717, 1.165) is 25.7 Å². The predicted molar refractivity (Wildman–Crippen MR) is 71.5 cm³/mol. The molecule has 3 fully saturated rings. The summed E-state index contributed by atoms with van der Waals surface area (Å²) in [5.41, 5.74) is -0.414. The van der Waals surface area contributed by atoms with Crippen molar-refractivity contribution < 1.29 is 14.3 Å². The molecule has 0 heterocycles. The number of carbonyl (C=O) groups excluding carboxylic acids is 2. The van der Waals surface area contributed by atoms with Crippen LogP contribution in [0.15, 0.2) is 0 Å². The lowest BCUT2D eigenvalue weighted by Gasteiger charge is -2.62. The maximum Gasteiger partial charge on any atom is 0.303 e. The molecule has 0 bridgehead atoms. The summed E-state index contributed by atoms with van der Waals surface area (Å²) >= 11 is 0. The second kappa shape index (κ2) is 4.92. The Morgan fingerprint density at radius 2 is 1.89 bits per heavy atom. The van der Waals surface area contributed by atoms with Crippen molar-refractivity contribution in [2.75, 3.05) is 0 Å². The maximum absolute atomic E-state index is 12.3. The summed E-state index contributed by atoms with van der Waals surface area (Å²) in [5.74, 6) is 1.11. The number of rotatable bonds is 1. The van der Waals surface area contributed by atoms with Crippen LogP contribution in [0.3, 0.4) is 0 Å². The molecule has 106 valence electrons. The van der Waals surface area contributed by atoms with Crippen LogP contribution in [0, 0.1) is 17.8 Å². The van der Waals surface area contributed by atoms with Crippen LogP contribution in [0.1, 0.15) is 64.7 Å². The minimum atomic E-state index is -0.414. The van der Waals surface area contributed by atoms with E-state index in [9.17, 15) is 9.59 Å². The Morgan fingerprint density at radius 3 is 2.63 bits per heavy atom. The Hall–Kier alpha value is -0.860. The van der Waals surface area contributed by atoms with E-state index < -0.39 is 5.60 Å². The number of fused-ring (bicyclic) bond motifs is 4. The summed E-state index contributed by atoms with van der Waals surface area (Å²) in [4.78, 5) is 23.8. The van der Waals surface area contributed by atoms with Crippen LogP contribution < -0.4 is 0 Å². The first kappa shape index (κ1) is 13.1. The van der Waals surface area contributed by atoms with Crippen molar-refractivity contribution in [1.82, 2.24) is 0 Å². The second-order valence-corrected chi connectivity index (χ2v) is 6.61. The van der Waals surface area contributed by atoms with Crippen molar-refractivity contribution in [3.05, 3.63) is 0 Å². The smallest absolute Gasteiger partial charge is 0.303 e. The van der Waals surface area contributed by atoms with Crippen molar-refractivity contribution in [1.29, 1.82) is 0 Å². The zero-order valence-electron chi connectivity index (χ0n) is 11.8. The van der Waals surface area contributed by atoms with Gasteiger partial charge in [0, 0.05) is 19.3 Å². The van der Waals surface area contributed by atoms with Crippen molar-refractivity contribution >= 4 is 11.8 Å². The number of esters is 1. The van der Waals surface area contributed by atoms with E-state index >= 15 is 0 Å². The molecule has 0 aliphatic heterocycles. The minimum Gasteiger partial charge on any atom is -0.458 e. The normalized spacial score (nSPS) is 42.2. The van der Waals surface area contributed by atoms with Gasteiger partial charge in [-0.1, -0.05) is 25.7 Å². The van der Waals surface area contributed by atoms with Crippen LogP contribution in [0.25, 0.3) is 0 Å². The molecule has 3 aliphatic rings. The molecule has 3 aliphatic carbocycles. The zero-order valence-corrected chi connectivity index (χ0v) is 11.8. The molecule has 0 amide bonds. The highest BCUT2D eigenvalue weighted by atomic mass is 16.6. The molecule has 0 saturated heterocycles. The highest BCUT2D eigenvalue weighted by molar-refractivity contribution is 5.85. The quantitative estimate of drug-likeness (QED) is 0.683. The lowest BCUT2D eigenvalue weighted by molar-refractivity contribution is -0.235. The molecular formula is C16H24O3. The van der Waals surface area contributed by atoms with Crippen molar-refractivity contribution in [3.63, 3.8) is 0 Å². The van der Waals surface area contributed by atoms with Gasteiger partial charge in [-0.2, -0.15) is 0 Å². The molecule has 3 heteroatoms. The molecule has 19 heavy (non-hydrogen) atoms. The van der Waals surface area contributed by atoms with Crippen molar-refractivity contribution in [2.45, 2.75) is 70.3 Å². The van der Waals surface area contributed by atoms with E-state index in [1.165, 1.54) is 32.6 Å². The topological polar surface area (TPSA) is 43.4 Å². The molecule has 0 radical (unpaired) electrons. The van der Waals surface area contributed by atoms with Gasteiger partial charge in [0.25, 0.3) is 0 Å². The number of hydrogen-bond donors (Lipinski definition) is 0. The highest BCUT2D eigenvalue weighted by Crippen LogP contribution is 2.61. The standard InChI is InChI=1S/C16H24O3/c1-11(17)19-16-10-6-9-14(18)15(16)12-7-4-2-3-5-8-13(12)16/h12-13,15H,2-10H2,1H3/t12?,13?,15-,16+/m0/s1. The van der Waals surface area contributed by atoms with Gasteiger partial charge in [0.2, 0.25) is 0 Å². The fourth-order valence-corrected chi connectivity index (χ4v) is 5.00. The van der Waals surface area contributed by atoms with E-state index in [1.807, 2.05) is 0 Å². The Labute approximate surface area is 115 Å². The summed E-state index contributed by atoms with van der Waals surface area (Å²) in [6.07, 6.45) is 9.84. The predicted octanol–water partition coefficient (Wildman–Crippen LogP) is 3.26. The number of ketones is 1. The first-order valence-electron chi connectivity index (χ1n) is 7.87. The Bertz CT molecular complexity index is 389. The molecule has 0 aromatic carbocycles. The fraction of sp³-hybridized carbons (Fsp3) is 0.875. The molecule has 2 unspecified atom stereocenters. The Morgan fingerprint density at radius 1 is 1.16 bits per heavy atom. The van der Waals surface area contributed by atoms with E-state index in [2.05, 4.69) is 0 Å². The zero-order chi connectivity index (χ0) is 13.5. The fourth-order valence-electron chi connectivity index (χ4n) is 5.00. The minimum absolute atomic E-state index is 0.0215. The Kier molecular flexibility index (Phi) is 3.40. The molecule has 0 spiro atoms. The first-order valence-corrected chi connectivity index (χ1v) is 7.87. The van der Waals surface area contributed by atoms with Gasteiger partial charge < -0.3 is 4.74 Å². The summed E-state index contributed by atoms with van der Waals surface area (Å²) in [7, 11) is 0. The van der Waals surface area contributed by atoms with Crippen LogP contribution in [0.5, 0.6) is 0 Å². The molecule has 0 aromatic rings. The van der Waals surface area contributed by atoms with Crippen LogP contribution >= 0.6 is 0 Å². The molecule has 3 rings (SSSR count). The van der Waals surface area contributed by atoms with E-state index in [4.69, 9.17) is 4.74 Å². The van der Waals surface area contributed by atoms with Crippen molar-refractivity contribution in [2.24, 2.45) is 17.8 Å². The maximum atomic E-state index is 12.3. The monoisotopic (exact) mass is 264 g/mol. The average Bonchev–Trinajstić information content (AvgIpc) is 2.30. The Balaban J connectivity index is 1.87. The molecule has 3 nitrogen and oxygen atoms in total. The third-order valence-electron chi connectivity index (χ3n) is 5.57. The van der Waals surface area contributed by atoms with Gasteiger partial charge in [-0.3, -0.25) is 9.59 Å². The summed E-state index contributed by atoms with van der Waals surface area (Å²) in [6, 6.07) is 0. The van der Waals surface area contributed by atoms with E-state index in [1.54, 1.807) is 0 Å². The third-order valence-corrected chi connectivity index (χ3v) is 5.57. The highest BCUT2D eigenvalue weighted by Gasteiger charge is 2.66. The van der Waals surface area contributed by atoms with Crippen molar-refractivity contribution in [3.8, 4) is 0 Å². The van der Waals surface area contributed by atoms with Crippen LogP contribution in [-0.4, -0.2) is 17.4 Å². The van der Waals surface area contributed by atoms with Gasteiger partial charge in [0.15, 0.2) is 0 Å². The summed E-state index contributed by atoms with van der Waals surface area (Å²) in [5, 5.41) is 0. The summed E-state index contributed by atoms with van der Waals surface area (Å²) < 4.78 is 5.75. The van der Waals surface area contributed by atoms with E-state index in [-0.39, 0.29) is 11.9 Å². The lowest BCUT2D eigenvalue weighted by atomic mass is 9.46. The number of hydrogen-bond acceptors (Lipinski definition) is 3. The SMILES string of the molecule is CC(=O)O[C@@]12CCCC(=O)[C@@H]1C1CCCCCCC12. The number of ether oxygens (including phenoxy) is 1. The van der Waals surface area contributed by atoms with Gasteiger partial charge in [0.1, 0.15) is 11.4 Å². The first-order chi connectivity index (χ1) is 9.15. The lowest BCUT2D eigenvalue weighted by Crippen LogP contribution is -2.68. The van der Waals surface area contributed by atoms with Crippen LogP contribution in [0.2, 0.25) is 0 Å². The largest absolute Gasteiger partial charge is 0.458 e.